The van der Waals surface area contributed by atoms with Crippen molar-refractivity contribution >= 4 is 27.4 Å². The Balaban J connectivity index is 2.30. The predicted molar refractivity (Wildman–Crippen MR) is 64.3 cm³/mol. The monoisotopic (exact) mass is 287 g/mol. The highest BCUT2D eigenvalue weighted by molar-refractivity contribution is 7.92. The van der Waals surface area contributed by atoms with Crippen LogP contribution in [-0.2, 0) is 10.0 Å². The summed E-state index contributed by atoms with van der Waals surface area (Å²) in [5.74, 6) is -0.533. The Labute approximate surface area is 108 Å². The molecule has 2 aromatic heterocycles. The Morgan fingerprint density at radius 1 is 1.22 bits per heavy atom. The number of halogens is 2. The lowest BCUT2D eigenvalue weighted by molar-refractivity contribution is 0.600. The lowest BCUT2D eigenvalue weighted by Gasteiger charge is -2.06. The zero-order valence-electron chi connectivity index (χ0n) is 8.84. The molecule has 2 rings (SSSR count). The number of sulfonamides is 1. The van der Waals surface area contributed by atoms with Crippen LogP contribution in [0.5, 0.6) is 0 Å². The van der Waals surface area contributed by atoms with Crippen molar-refractivity contribution in [3.8, 4) is 0 Å². The van der Waals surface area contributed by atoms with Crippen LogP contribution in [0.25, 0.3) is 0 Å². The van der Waals surface area contributed by atoms with Crippen molar-refractivity contribution in [2.45, 2.75) is 4.90 Å². The fraction of sp³-hybridized carbons (Fsp3) is 0. The van der Waals surface area contributed by atoms with E-state index in [0.29, 0.717) is 0 Å². The molecular weight excluding hydrogens is 281 g/mol. The van der Waals surface area contributed by atoms with Crippen LogP contribution >= 0.6 is 11.6 Å². The molecule has 0 aliphatic heterocycles. The fourth-order valence-electron chi connectivity index (χ4n) is 1.18. The Kier molecular flexibility index (Phi) is 3.44. The van der Waals surface area contributed by atoms with Gasteiger partial charge >= 0.3 is 0 Å². The quantitative estimate of drug-likeness (QED) is 0.877. The standard InChI is InChI=1S/C10H7ClFN3O2S/c11-9-5-8(3-4-13-9)18(16,17)15-10-2-1-7(12)6-14-10/h1-6H,(H,14,15). The van der Waals surface area contributed by atoms with Gasteiger partial charge in [0.2, 0.25) is 0 Å². The highest BCUT2D eigenvalue weighted by atomic mass is 35.5. The molecule has 0 bridgehead atoms. The van der Waals surface area contributed by atoms with Crippen molar-refractivity contribution in [3.05, 3.63) is 47.6 Å². The summed E-state index contributed by atoms with van der Waals surface area (Å²) in [6.45, 7) is 0. The lowest BCUT2D eigenvalue weighted by Crippen LogP contribution is -2.14. The number of rotatable bonds is 3. The molecule has 1 N–H and O–H groups in total. The lowest BCUT2D eigenvalue weighted by atomic mass is 10.5. The minimum absolute atomic E-state index is 0.0179. The first-order valence-corrected chi connectivity index (χ1v) is 6.59. The van der Waals surface area contributed by atoms with E-state index in [2.05, 4.69) is 14.7 Å². The van der Waals surface area contributed by atoms with Crippen LogP contribution in [0.2, 0.25) is 5.15 Å². The maximum atomic E-state index is 12.6. The zero-order valence-corrected chi connectivity index (χ0v) is 10.4. The van der Waals surface area contributed by atoms with E-state index in [1.165, 1.54) is 24.4 Å². The number of hydrogen-bond donors (Lipinski definition) is 1. The van der Waals surface area contributed by atoms with Gasteiger partial charge in [-0.25, -0.2) is 22.8 Å². The molecule has 94 valence electrons. The van der Waals surface area contributed by atoms with E-state index in [0.717, 1.165) is 12.3 Å². The van der Waals surface area contributed by atoms with Gasteiger partial charge in [0.1, 0.15) is 16.8 Å². The summed E-state index contributed by atoms with van der Waals surface area (Å²) in [5.41, 5.74) is 0. The maximum absolute atomic E-state index is 12.6. The normalized spacial score (nSPS) is 11.2. The molecular formula is C10H7ClFN3O2S. The van der Waals surface area contributed by atoms with E-state index in [1.807, 2.05) is 0 Å². The SMILES string of the molecule is O=S(=O)(Nc1ccc(F)cn1)c1ccnc(Cl)c1. The average Bonchev–Trinajstić information content (AvgIpc) is 2.32. The molecule has 0 saturated carbocycles. The molecule has 8 heteroatoms. The summed E-state index contributed by atoms with van der Waals surface area (Å²) in [5, 5.41) is 0.0601. The molecule has 0 fully saturated rings. The van der Waals surface area contributed by atoms with Gasteiger partial charge in [0.15, 0.2) is 0 Å². The highest BCUT2D eigenvalue weighted by Crippen LogP contribution is 2.16. The molecule has 0 aromatic carbocycles. The van der Waals surface area contributed by atoms with Crippen molar-refractivity contribution in [2.75, 3.05) is 4.72 Å². The van der Waals surface area contributed by atoms with Crippen molar-refractivity contribution < 1.29 is 12.8 Å². The second kappa shape index (κ2) is 4.87. The highest BCUT2D eigenvalue weighted by Gasteiger charge is 2.15. The van der Waals surface area contributed by atoms with E-state index in [1.54, 1.807) is 0 Å². The van der Waals surface area contributed by atoms with Gasteiger partial charge in [-0.2, -0.15) is 0 Å². The first-order valence-electron chi connectivity index (χ1n) is 4.73. The summed E-state index contributed by atoms with van der Waals surface area (Å²) in [6.07, 6.45) is 2.19. The van der Waals surface area contributed by atoms with Crippen LogP contribution in [0.15, 0.2) is 41.6 Å². The third-order valence-electron chi connectivity index (χ3n) is 1.97. The van der Waals surface area contributed by atoms with Crippen molar-refractivity contribution in [1.82, 2.24) is 9.97 Å². The van der Waals surface area contributed by atoms with Crippen molar-refractivity contribution in [3.63, 3.8) is 0 Å². The predicted octanol–water partition coefficient (Wildman–Crippen LogP) is 2.07. The largest absolute Gasteiger partial charge is 0.263 e. The molecule has 0 radical (unpaired) electrons. The van der Waals surface area contributed by atoms with Gasteiger partial charge in [-0.15, -0.1) is 0 Å². The van der Waals surface area contributed by atoms with Crippen LogP contribution in [0.4, 0.5) is 10.2 Å². The number of aromatic nitrogens is 2. The average molecular weight is 288 g/mol. The van der Waals surface area contributed by atoms with E-state index in [9.17, 15) is 12.8 Å². The summed E-state index contributed by atoms with van der Waals surface area (Å²) >= 11 is 5.61. The molecule has 0 spiro atoms. The van der Waals surface area contributed by atoms with E-state index >= 15 is 0 Å². The summed E-state index contributed by atoms with van der Waals surface area (Å²) in [6, 6.07) is 4.81. The molecule has 5 nitrogen and oxygen atoms in total. The maximum Gasteiger partial charge on any atom is 0.263 e. The molecule has 0 atom stereocenters. The van der Waals surface area contributed by atoms with Crippen LogP contribution in [0.1, 0.15) is 0 Å². The van der Waals surface area contributed by atoms with Gasteiger partial charge < -0.3 is 0 Å². The third-order valence-corrected chi connectivity index (χ3v) is 3.53. The number of nitrogens with one attached hydrogen (secondary N) is 1. The van der Waals surface area contributed by atoms with Crippen LogP contribution < -0.4 is 4.72 Å². The first-order chi connectivity index (χ1) is 8.47. The van der Waals surface area contributed by atoms with Gasteiger partial charge in [-0.05, 0) is 24.3 Å². The zero-order chi connectivity index (χ0) is 13.2. The minimum Gasteiger partial charge on any atom is -0.263 e. The Morgan fingerprint density at radius 3 is 2.61 bits per heavy atom. The minimum atomic E-state index is -3.81. The van der Waals surface area contributed by atoms with Gasteiger partial charge in [0, 0.05) is 6.20 Å². The van der Waals surface area contributed by atoms with E-state index in [4.69, 9.17) is 11.6 Å². The number of nitrogens with zero attached hydrogens (tertiary/aromatic N) is 2. The fourth-order valence-corrected chi connectivity index (χ4v) is 2.44. The molecule has 0 unspecified atom stereocenters. The molecule has 2 aromatic rings. The topological polar surface area (TPSA) is 72.0 Å². The molecule has 2 heterocycles. The summed E-state index contributed by atoms with van der Waals surface area (Å²) in [4.78, 5) is 7.23. The van der Waals surface area contributed by atoms with Crippen molar-refractivity contribution in [1.29, 1.82) is 0 Å². The smallest absolute Gasteiger partial charge is 0.263 e. The first kappa shape index (κ1) is 12.7. The second-order valence-corrected chi connectivity index (χ2v) is 5.35. The Morgan fingerprint density at radius 2 is 2.00 bits per heavy atom. The summed E-state index contributed by atoms with van der Waals surface area (Å²) < 4.78 is 38.6. The van der Waals surface area contributed by atoms with E-state index in [-0.39, 0.29) is 15.9 Å². The molecule has 0 saturated heterocycles. The van der Waals surface area contributed by atoms with Gasteiger partial charge in [0.25, 0.3) is 10.0 Å². The van der Waals surface area contributed by atoms with E-state index < -0.39 is 15.8 Å². The van der Waals surface area contributed by atoms with Gasteiger partial charge in [0.05, 0.1) is 11.1 Å². The van der Waals surface area contributed by atoms with Gasteiger partial charge in [-0.1, -0.05) is 11.6 Å². The third kappa shape index (κ3) is 2.93. The molecule has 18 heavy (non-hydrogen) atoms. The molecule has 0 aliphatic rings. The Bertz CT molecular complexity index is 661. The number of hydrogen-bond acceptors (Lipinski definition) is 4. The van der Waals surface area contributed by atoms with Crippen molar-refractivity contribution in [2.24, 2.45) is 0 Å². The van der Waals surface area contributed by atoms with Crippen LogP contribution in [0, 0.1) is 5.82 Å². The second-order valence-electron chi connectivity index (χ2n) is 3.28. The van der Waals surface area contributed by atoms with Gasteiger partial charge in [-0.3, -0.25) is 4.72 Å². The molecule has 0 aliphatic carbocycles. The Hall–Kier alpha value is -1.73. The molecule has 0 amide bonds. The van der Waals surface area contributed by atoms with Crippen LogP contribution in [0.3, 0.4) is 0 Å². The number of anilines is 1. The van der Waals surface area contributed by atoms with Crippen LogP contribution in [-0.4, -0.2) is 18.4 Å². The summed E-state index contributed by atoms with van der Waals surface area (Å²) in [7, 11) is -3.81. The number of pyridine rings is 2.